The van der Waals surface area contributed by atoms with Gasteiger partial charge in [0.1, 0.15) is 18.6 Å². The molecule has 0 aliphatic rings. The predicted molar refractivity (Wildman–Crippen MR) is 61.9 cm³/mol. The summed E-state index contributed by atoms with van der Waals surface area (Å²) in [5.41, 5.74) is 2.42. The van der Waals surface area contributed by atoms with Crippen LogP contribution in [-0.2, 0) is 4.79 Å². The Morgan fingerprint density at radius 2 is 1.82 bits per heavy atom. The average Bonchev–Trinajstić information content (AvgIpc) is 2.26. The molecule has 1 unspecified atom stereocenters. The first-order valence-electron chi connectivity index (χ1n) is 5.43. The molecule has 1 rings (SSSR count). The van der Waals surface area contributed by atoms with E-state index < -0.39 is 13.0 Å². The monoisotopic (exact) mass is 242 g/mol. The van der Waals surface area contributed by atoms with Crippen LogP contribution in [0, 0.1) is 13.8 Å². The Balaban J connectivity index is 2.98. The highest BCUT2D eigenvalue weighted by molar-refractivity contribution is 5.62. The van der Waals surface area contributed by atoms with Crippen molar-refractivity contribution in [2.24, 2.45) is 0 Å². The highest BCUT2D eigenvalue weighted by atomic mass is 19.3. The zero-order chi connectivity index (χ0) is 13.0. The molecule has 0 aromatic heterocycles. The van der Waals surface area contributed by atoms with Crippen molar-refractivity contribution in [2.45, 2.75) is 33.1 Å². The number of halogens is 2. The molecule has 1 aromatic rings. The van der Waals surface area contributed by atoms with Crippen molar-refractivity contribution in [3.63, 3.8) is 0 Å². The van der Waals surface area contributed by atoms with E-state index in [0.717, 1.165) is 23.0 Å². The Morgan fingerprint density at radius 1 is 1.29 bits per heavy atom. The van der Waals surface area contributed by atoms with Crippen LogP contribution >= 0.6 is 0 Å². The smallest absolute Gasteiger partial charge is 0.272 e. The largest absolute Gasteiger partial charge is 0.487 e. The van der Waals surface area contributed by atoms with Crippen molar-refractivity contribution in [3.05, 3.63) is 28.8 Å². The molecule has 0 bridgehead atoms. The molecule has 0 radical (unpaired) electrons. The predicted octanol–water partition coefficient (Wildman–Crippen LogP) is 3.25. The first kappa shape index (κ1) is 13.6. The standard InChI is InChI=1S/C13H16F2O2/c1-8-4-11(10(3)6-16)5-9(2)13(8)17-7-12(14)15/h4-6,10,12H,7H2,1-3H3. The Bertz CT molecular complexity index is 379. The quantitative estimate of drug-likeness (QED) is 0.741. The molecule has 94 valence electrons. The van der Waals surface area contributed by atoms with Gasteiger partial charge in [-0.1, -0.05) is 19.1 Å². The molecule has 2 nitrogen and oxygen atoms in total. The van der Waals surface area contributed by atoms with Crippen molar-refractivity contribution in [1.82, 2.24) is 0 Å². The van der Waals surface area contributed by atoms with Gasteiger partial charge in [0.05, 0.1) is 0 Å². The number of hydrogen-bond acceptors (Lipinski definition) is 2. The molecule has 0 amide bonds. The van der Waals surface area contributed by atoms with Gasteiger partial charge in [-0.2, -0.15) is 0 Å². The molecule has 0 aliphatic heterocycles. The van der Waals surface area contributed by atoms with Gasteiger partial charge in [-0.25, -0.2) is 8.78 Å². The van der Waals surface area contributed by atoms with Crippen LogP contribution in [0.2, 0.25) is 0 Å². The number of aldehydes is 1. The van der Waals surface area contributed by atoms with E-state index >= 15 is 0 Å². The van der Waals surface area contributed by atoms with E-state index in [-0.39, 0.29) is 5.92 Å². The maximum Gasteiger partial charge on any atom is 0.272 e. The third-order valence-electron chi connectivity index (χ3n) is 2.57. The molecular weight excluding hydrogens is 226 g/mol. The van der Waals surface area contributed by atoms with Crippen LogP contribution in [-0.4, -0.2) is 19.3 Å². The molecular formula is C13H16F2O2. The molecule has 1 aromatic carbocycles. The summed E-state index contributed by atoms with van der Waals surface area (Å²) in [5, 5.41) is 0. The second-order valence-corrected chi connectivity index (χ2v) is 4.11. The summed E-state index contributed by atoms with van der Waals surface area (Å²) in [4.78, 5) is 10.7. The number of hydrogen-bond donors (Lipinski definition) is 0. The Morgan fingerprint density at radius 3 is 2.24 bits per heavy atom. The summed E-state index contributed by atoms with van der Waals surface area (Å²) >= 11 is 0. The topological polar surface area (TPSA) is 26.3 Å². The zero-order valence-electron chi connectivity index (χ0n) is 10.2. The maximum absolute atomic E-state index is 12.1. The summed E-state index contributed by atoms with van der Waals surface area (Å²) in [6, 6.07) is 3.60. The lowest BCUT2D eigenvalue weighted by atomic mass is 9.97. The van der Waals surface area contributed by atoms with Gasteiger partial charge in [0.15, 0.2) is 0 Å². The van der Waals surface area contributed by atoms with Gasteiger partial charge in [-0.3, -0.25) is 0 Å². The van der Waals surface area contributed by atoms with Crippen molar-refractivity contribution in [1.29, 1.82) is 0 Å². The summed E-state index contributed by atoms with van der Waals surface area (Å²) in [6.07, 6.45) is -1.63. The van der Waals surface area contributed by atoms with Gasteiger partial charge in [-0.15, -0.1) is 0 Å². The molecule has 0 N–H and O–H groups in total. The SMILES string of the molecule is Cc1cc(C(C)C=O)cc(C)c1OCC(F)F. The lowest BCUT2D eigenvalue weighted by Gasteiger charge is -2.14. The van der Waals surface area contributed by atoms with Gasteiger partial charge < -0.3 is 9.53 Å². The van der Waals surface area contributed by atoms with Crippen LogP contribution < -0.4 is 4.74 Å². The molecule has 4 heteroatoms. The second-order valence-electron chi connectivity index (χ2n) is 4.11. The average molecular weight is 242 g/mol. The second kappa shape index (κ2) is 5.75. The van der Waals surface area contributed by atoms with E-state index in [0.29, 0.717) is 5.75 Å². The first-order valence-corrected chi connectivity index (χ1v) is 5.43. The van der Waals surface area contributed by atoms with Crippen LogP contribution in [0.3, 0.4) is 0 Å². The lowest BCUT2D eigenvalue weighted by molar-refractivity contribution is -0.108. The third kappa shape index (κ3) is 3.51. The normalized spacial score (nSPS) is 12.6. The van der Waals surface area contributed by atoms with E-state index in [9.17, 15) is 13.6 Å². The molecule has 1 atom stereocenters. The fraction of sp³-hybridized carbons (Fsp3) is 0.462. The molecule has 0 spiro atoms. The van der Waals surface area contributed by atoms with Gasteiger partial charge in [0.25, 0.3) is 6.43 Å². The fourth-order valence-electron chi connectivity index (χ4n) is 1.70. The van der Waals surface area contributed by atoms with Gasteiger partial charge >= 0.3 is 0 Å². The fourth-order valence-corrected chi connectivity index (χ4v) is 1.70. The zero-order valence-corrected chi connectivity index (χ0v) is 10.2. The molecule has 0 aliphatic carbocycles. The molecule has 0 heterocycles. The molecule has 0 fully saturated rings. The number of aryl methyl sites for hydroxylation is 2. The molecule has 0 saturated carbocycles. The van der Waals surface area contributed by atoms with Crippen molar-refractivity contribution in [3.8, 4) is 5.75 Å². The number of rotatable bonds is 5. The summed E-state index contributed by atoms with van der Waals surface area (Å²) in [6.45, 7) is 4.76. The summed E-state index contributed by atoms with van der Waals surface area (Å²) in [5.74, 6) is 0.281. The van der Waals surface area contributed by atoms with Crippen molar-refractivity contribution in [2.75, 3.05) is 6.61 Å². The number of carbonyl (C=O) groups excluding carboxylic acids is 1. The van der Waals surface area contributed by atoms with Crippen LogP contribution in [0.1, 0.15) is 29.5 Å². The number of alkyl halides is 2. The van der Waals surface area contributed by atoms with Crippen molar-refractivity contribution >= 4 is 6.29 Å². The Kier molecular flexibility index (Phi) is 4.61. The van der Waals surface area contributed by atoms with Crippen molar-refractivity contribution < 1.29 is 18.3 Å². The number of benzene rings is 1. The van der Waals surface area contributed by atoms with Gasteiger partial charge in [-0.05, 0) is 30.5 Å². The first-order chi connectivity index (χ1) is 7.95. The van der Waals surface area contributed by atoms with Crippen LogP contribution in [0.25, 0.3) is 0 Å². The number of carbonyl (C=O) groups is 1. The highest BCUT2D eigenvalue weighted by Crippen LogP contribution is 2.27. The maximum atomic E-state index is 12.1. The van der Waals surface area contributed by atoms with E-state index in [1.807, 2.05) is 0 Å². The van der Waals surface area contributed by atoms with E-state index in [2.05, 4.69) is 0 Å². The minimum absolute atomic E-state index is 0.198. The summed E-state index contributed by atoms with van der Waals surface area (Å²) < 4.78 is 29.2. The third-order valence-corrected chi connectivity index (χ3v) is 2.57. The van der Waals surface area contributed by atoms with Crippen LogP contribution in [0.5, 0.6) is 5.75 Å². The van der Waals surface area contributed by atoms with Gasteiger partial charge in [0, 0.05) is 5.92 Å². The van der Waals surface area contributed by atoms with Crippen LogP contribution in [0.15, 0.2) is 12.1 Å². The molecule has 17 heavy (non-hydrogen) atoms. The summed E-state index contributed by atoms with van der Waals surface area (Å²) in [7, 11) is 0. The Hall–Kier alpha value is -1.45. The number of ether oxygens (including phenoxy) is 1. The van der Waals surface area contributed by atoms with E-state index in [4.69, 9.17) is 4.74 Å². The van der Waals surface area contributed by atoms with E-state index in [1.54, 1.807) is 32.9 Å². The molecule has 0 saturated heterocycles. The van der Waals surface area contributed by atoms with E-state index in [1.165, 1.54) is 0 Å². The lowest BCUT2D eigenvalue weighted by Crippen LogP contribution is -2.09. The van der Waals surface area contributed by atoms with Crippen LogP contribution in [0.4, 0.5) is 8.78 Å². The minimum Gasteiger partial charge on any atom is -0.487 e. The minimum atomic E-state index is -2.48. The van der Waals surface area contributed by atoms with Gasteiger partial charge in [0.2, 0.25) is 0 Å². The highest BCUT2D eigenvalue weighted by Gasteiger charge is 2.12. The Labute approximate surface area is 99.6 Å².